The molecule has 0 radical (unpaired) electrons. The van der Waals surface area contributed by atoms with Crippen molar-refractivity contribution < 1.29 is 36.7 Å². The average molecular weight is 316 g/mol. The van der Waals surface area contributed by atoms with Gasteiger partial charge >= 0.3 is 19.2 Å². The highest BCUT2D eigenvalue weighted by molar-refractivity contribution is 7.55. The second-order valence-electron chi connectivity index (χ2n) is 4.16. The minimum Gasteiger partial charge on any atom is -0.436 e. The molecule has 20 heavy (non-hydrogen) atoms. The molecule has 0 aliphatic carbocycles. The summed E-state index contributed by atoms with van der Waals surface area (Å²) in [5, 5.41) is 0. The van der Waals surface area contributed by atoms with Crippen LogP contribution in [0, 0.1) is 0 Å². The van der Waals surface area contributed by atoms with E-state index in [-0.39, 0.29) is 26.1 Å². The normalized spacial score (nSPS) is 23.9. The van der Waals surface area contributed by atoms with E-state index >= 15 is 0 Å². The Bertz CT molecular complexity index is 379. The van der Waals surface area contributed by atoms with Crippen molar-refractivity contribution in [2.45, 2.75) is 51.7 Å². The van der Waals surface area contributed by atoms with Crippen LogP contribution in [0.15, 0.2) is 0 Å². The van der Waals surface area contributed by atoms with Gasteiger partial charge in [-0.15, -0.1) is 0 Å². The molecule has 2 atom stereocenters. The number of hydrogen-bond acceptors (Lipinski definition) is 6. The Morgan fingerprint density at radius 3 is 2.30 bits per heavy atom. The Kier molecular flexibility index (Phi) is 6.06. The number of alkyl halides is 2. The van der Waals surface area contributed by atoms with Gasteiger partial charge in [0.2, 0.25) is 6.29 Å². The van der Waals surface area contributed by atoms with E-state index in [2.05, 4.69) is 9.05 Å². The first kappa shape index (κ1) is 17.5. The Morgan fingerprint density at radius 2 is 1.85 bits per heavy atom. The van der Waals surface area contributed by atoms with Gasteiger partial charge in [0.1, 0.15) is 6.10 Å². The molecule has 0 amide bonds. The van der Waals surface area contributed by atoms with Gasteiger partial charge in [0.05, 0.1) is 13.2 Å². The summed E-state index contributed by atoms with van der Waals surface area (Å²) >= 11 is 0. The van der Waals surface area contributed by atoms with Crippen molar-refractivity contribution >= 4 is 13.6 Å². The van der Waals surface area contributed by atoms with E-state index in [1.165, 1.54) is 13.8 Å². The fourth-order valence-corrected chi connectivity index (χ4v) is 3.50. The first-order valence-corrected chi connectivity index (χ1v) is 7.90. The van der Waals surface area contributed by atoms with Gasteiger partial charge in [-0.1, -0.05) is 0 Å². The first-order chi connectivity index (χ1) is 9.26. The molecule has 0 spiro atoms. The third-order valence-electron chi connectivity index (χ3n) is 2.63. The van der Waals surface area contributed by atoms with Gasteiger partial charge in [-0.3, -0.25) is 9.36 Å². The quantitative estimate of drug-likeness (QED) is 0.531. The lowest BCUT2D eigenvalue weighted by atomic mass is 10.2. The fraction of sp³-hybridized carbons (Fsp3) is 0.909. The van der Waals surface area contributed by atoms with Crippen LogP contribution in [-0.2, 0) is 27.9 Å². The lowest BCUT2D eigenvalue weighted by Gasteiger charge is -2.29. The van der Waals surface area contributed by atoms with E-state index in [4.69, 9.17) is 9.47 Å². The van der Waals surface area contributed by atoms with Gasteiger partial charge in [-0.25, -0.2) is 0 Å². The molecule has 6 nitrogen and oxygen atoms in total. The van der Waals surface area contributed by atoms with E-state index in [9.17, 15) is 18.1 Å². The minimum atomic E-state index is -4.63. The van der Waals surface area contributed by atoms with Crippen molar-refractivity contribution in [1.82, 2.24) is 0 Å². The largest absolute Gasteiger partial charge is 0.436 e. The SMILES string of the molecule is CCOP(=O)(OCC)C(F)(F)[C@H]1CCC(OC(C)=O)O1. The second kappa shape index (κ2) is 6.93. The van der Waals surface area contributed by atoms with Gasteiger partial charge in [0.25, 0.3) is 0 Å². The number of hydrogen-bond donors (Lipinski definition) is 0. The summed E-state index contributed by atoms with van der Waals surface area (Å²) in [5.41, 5.74) is -3.80. The third kappa shape index (κ3) is 3.75. The van der Waals surface area contributed by atoms with Crippen LogP contribution in [0.2, 0.25) is 0 Å². The molecule has 1 unspecified atom stereocenters. The summed E-state index contributed by atoms with van der Waals surface area (Å²) in [6.45, 7) is 3.69. The van der Waals surface area contributed by atoms with Crippen molar-refractivity contribution in [3.8, 4) is 0 Å². The zero-order valence-corrected chi connectivity index (χ0v) is 12.5. The van der Waals surface area contributed by atoms with Crippen LogP contribution in [0.5, 0.6) is 0 Å². The van der Waals surface area contributed by atoms with Crippen molar-refractivity contribution in [1.29, 1.82) is 0 Å². The molecule has 118 valence electrons. The number of carbonyl (C=O) groups excluding carboxylic acids is 1. The van der Waals surface area contributed by atoms with Crippen LogP contribution in [-0.4, -0.2) is 37.2 Å². The molecule has 1 rings (SSSR count). The molecule has 1 aliphatic rings. The number of rotatable bonds is 7. The monoisotopic (exact) mass is 316 g/mol. The highest BCUT2D eigenvalue weighted by Crippen LogP contribution is 2.64. The Labute approximate surface area is 116 Å². The van der Waals surface area contributed by atoms with Crippen LogP contribution in [0.25, 0.3) is 0 Å². The van der Waals surface area contributed by atoms with Gasteiger partial charge in [0, 0.05) is 13.3 Å². The molecule has 0 aromatic rings. The second-order valence-corrected chi connectivity index (χ2v) is 6.27. The standard InChI is InChI=1S/C11H19F2O6P/c1-4-16-20(15,17-5-2)11(12,13)9-6-7-10(19-9)18-8(3)14/h9-10H,4-7H2,1-3H3/t9-,10?/m1/s1. The molecule has 0 saturated carbocycles. The Balaban J connectivity index is 2.81. The Morgan fingerprint density at radius 1 is 1.30 bits per heavy atom. The number of halogens is 2. The molecule has 0 aromatic heterocycles. The van der Waals surface area contributed by atoms with Crippen LogP contribution < -0.4 is 0 Å². The molecule has 1 saturated heterocycles. The molecule has 0 aromatic carbocycles. The summed E-state index contributed by atoms with van der Waals surface area (Å²) in [4.78, 5) is 10.8. The van der Waals surface area contributed by atoms with Gasteiger partial charge in [0.15, 0.2) is 0 Å². The topological polar surface area (TPSA) is 71.1 Å². The summed E-state index contributed by atoms with van der Waals surface area (Å²) in [5.74, 6) is -0.628. The molecule has 0 bridgehead atoms. The predicted octanol–water partition coefficient (Wildman–Crippen LogP) is 2.91. The van der Waals surface area contributed by atoms with E-state index in [1.807, 2.05) is 0 Å². The summed E-state index contributed by atoms with van der Waals surface area (Å²) in [6.07, 6.45) is -2.72. The molecule has 1 heterocycles. The molecular weight excluding hydrogens is 297 g/mol. The van der Waals surface area contributed by atoms with E-state index < -0.39 is 31.6 Å². The zero-order valence-electron chi connectivity index (χ0n) is 11.6. The van der Waals surface area contributed by atoms with Crippen molar-refractivity contribution in [3.63, 3.8) is 0 Å². The predicted molar refractivity (Wildman–Crippen MR) is 65.5 cm³/mol. The van der Waals surface area contributed by atoms with Crippen LogP contribution in [0.1, 0.15) is 33.6 Å². The van der Waals surface area contributed by atoms with Crippen molar-refractivity contribution in [2.75, 3.05) is 13.2 Å². The maximum absolute atomic E-state index is 14.3. The first-order valence-electron chi connectivity index (χ1n) is 6.36. The molecule has 0 N–H and O–H groups in total. The lowest BCUT2D eigenvalue weighted by molar-refractivity contribution is -0.187. The molecular formula is C11H19F2O6P. The van der Waals surface area contributed by atoms with Crippen molar-refractivity contribution in [3.05, 3.63) is 0 Å². The highest BCUT2D eigenvalue weighted by atomic mass is 31.2. The summed E-state index contributed by atoms with van der Waals surface area (Å²) in [6, 6.07) is 0. The average Bonchev–Trinajstić information content (AvgIpc) is 2.77. The number of ether oxygens (including phenoxy) is 2. The smallest absolute Gasteiger partial charge is 0.402 e. The van der Waals surface area contributed by atoms with Crippen LogP contribution in [0.4, 0.5) is 8.78 Å². The highest BCUT2D eigenvalue weighted by Gasteiger charge is 2.61. The number of carbonyl (C=O) groups is 1. The molecule has 1 aliphatic heterocycles. The third-order valence-corrected chi connectivity index (χ3v) is 4.84. The maximum Gasteiger partial charge on any atom is 0.402 e. The summed E-state index contributed by atoms with van der Waals surface area (Å²) < 4.78 is 59.7. The zero-order chi connectivity index (χ0) is 15.4. The minimum absolute atomic E-state index is 0.102. The Hall–Kier alpha value is -0.560. The maximum atomic E-state index is 14.3. The van der Waals surface area contributed by atoms with Gasteiger partial charge < -0.3 is 18.5 Å². The molecule has 9 heteroatoms. The van der Waals surface area contributed by atoms with Gasteiger partial charge in [-0.2, -0.15) is 8.78 Å². The van der Waals surface area contributed by atoms with E-state index in [0.29, 0.717) is 0 Å². The lowest BCUT2D eigenvalue weighted by Crippen LogP contribution is -2.35. The number of esters is 1. The van der Waals surface area contributed by atoms with Crippen LogP contribution in [0.3, 0.4) is 0 Å². The van der Waals surface area contributed by atoms with E-state index in [1.54, 1.807) is 0 Å². The summed E-state index contributed by atoms with van der Waals surface area (Å²) in [7, 11) is -4.63. The van der Waals surface area contributed by atoms with E-state index in [0.717, 1.165) is 6.92 Å². The molecule has 1 fully saturated rings. The van der Waals surface area contributed by atoms with Gasteiger partial charge in [-0.05, 0) is 20.3 Å². The van der Waals surface area contributed by atoms with Crippen molar-refractivity contribution in [2.24, 2.45) is 0 Å². The van der Waals surface area contributed by atoms with Crippen LogP contribution >= 0.6 is 7.60 Å². The fourth-order valence-electron chi connectivity index (χ4n) is 1.86.